The monoisotopic (exact) mass is 1400 g/mol. The first-order valence-electron chi connectivity index (χ1n) is 41.3. The SMILES string of the molecule is CC(C)(C)c1ccc(N2C3CCCC4C3P3C5C2CCCC5N(c2ccc(C(C)(C)C)cc2)C2C5CC6C7C(C5CC(C23)N4c2ccc(C(C)(C)C)cc2)N(c2ccc(C(C)(C)C)cc2)C2CCCC3C2P7C2C(CCCC2N6c2ccc(C(C)(C)C)cc2)N3c2ccc(C(C)(C)C)cc2)cc1. The zero-order valence-electron chi connectivity index (χ0n) is 65.9. The van der Waals surface area contributed by atoms with Crippen molar-refractivity contribution in [1.29, 1.82) is 0 Å². The highest BCUT2D eigenvalue weighted by Crippen LogP contribution is 2.78. The molecule has 12 fully saturated rings. The van der Waals surface area contributed by atoms with Crippen LogP contribution in [-0.4, -0.2) is 106 Å². The van der Waals surface area contributed by atoms with E-state index in [1.165, 1.54) is 146 Å². The van der Waals surface area contributed by atoms with Gasteiger partial charge in [-0.2, -0.15) is 0 Å². The Bertz CT molecular complexity index is 3760. The lowest BCUT2D eigenvalue weighted by atomic mass is 9.59. The molecule has 0 N–H and O–H groups in total. The molecule has 102 heavy (non-hydrogen) atoms. The summed E-state index contributed by atoms with van der Waals surface area (Å²) in [6, 6.07) is 68.9. The molecule has 542 valence electrons. The summed E-state index contributed by atoms with van der Waals surface area (Å²) in [7, 11) is -0.858. The van der Waals surface area contributed by atoms with E-state index in [0.29, 0.717) is 118 Å². The van der Waals surface area contributed by atoms with Crippen molar-refractivity contribution >= 4 is 50.0 Å². The van der Waals surface area contributed by atoms with Gasteiger partial charge >= 0.3 is 0 Å². The van der Waals surface area contributed by atoms with Gasteiger partial charge in [0.15, 0.2) is 0 Å². The van der Waals surface area contributed by atoms with Crippen molar-refractivity contribution in [2.75, 3.05) is 29.4 Å². The molecule has 6 aromatic rings. The maximum absolute atomic E-state index is 3.38. The Kier molecular flexibility index (Phi) is 16.3. The van der Waals surface area contributed by atoms with E-state index >= 15 is 0 Å². The van der Waals surface area contributed by atoms with Gasteiger partial charge < -0.3 is 29.4 Å². The van der Waals surface area contributed by atoms with Crippen LogP contribution >= 0.6 is 15.8 Å². The zero-order valence-corrected chi connectivity index (χ0v) is 67.7. The average molecular weight is 1400 g/mol. The Morgan fingerprint density at radius 1 is 0.216 bits per heavy atom. The van der Waals surface area contributed by atoms with Crippen LogP contribution < -0.4 is 29.4 Å². The third kappa shape index (κ3) is 10.8. The van der Waals surface area contributed by atoms with Gasteiger partial charge in [0.05, 0.1) is 0 Å². The highest BCUT2D eigenvalue weighted by molar-refractivity contribution is 7.61. The third-order valence-electron chi connectivity index (χ3n) is 29.6. The molecule has 0 radical (unpaired) electrons. The van der Waals surface area contributed by atoms with Crippen LogP contribution in [0.5, 0.6) is 0 Å². The van der Waals surface area contributed by atoms with Gasteiger partial charge in [-0.3, -0.25) is 0 Å². The molecule has 6 heterocycles. The molecule has 6 saturated carbocycles. The molecule has 6 aliphatic heterocycles. The Balaban J connectivity index is 0.887. The Morgan fingerprint density at radius 2 is 0.382 bits per heavy atom. The van der Waals surface area contributed by atoms with E-state index in [2.05, 4.69) is 300 Å². The van der Waals surface area contributed by atoms with Crippen LogP contribution in [0.2, 0.25) is 0 Å². The highest BCUT2D eigenvalue weighted by Gasteiger charge is 2.75. The van der Waals surface area contributed by atoms with Crippen LogP contribution in [-0.2, 0) is 32.5 Å². The lowest BCUT2D eigenvalue weighted by Gasteiger charge is -2.79. The smallest absolute Gasteiger partial charge is 0.0413 e. The number of rotatable bonds is 6. The van der Waals surface area contributed by atoms with E-state index in [1.54, 1.807) is 11.4 Å². The first kappa shape index (κ1) is 68.8. The molecule has 6 aliphatic carbocycles. The number of fused-ring (bicyclic) bond motifs is 3. The van der Waals surface area contributed by atoms with Crippen molar-refractivity contribution in [2.45, 2.75) is 353 Å². The van der Waals surface area contributed by atoms with Crippen LogP contribution in [0, 0.1) is 11.8 Å². The number of nitrogens with zero attached hydrogens (tertiary/aromatic N) is 6. The van der Waals surface area contributed by atoms with E-state index < -0.39 is 15.8 Å². The molecular weight excluding hydrogens is 1280 g/mol. The van der Waals surface area contributed by atoms with Gasteiger partial charge in [0.2, 0.25) is 0 Å². The van der Waals surface area contributed by atoms with Crippen LogP contribution in [0.1, 0.15) is 248 Å². The summed E-state index contributed by atoms with van der Waals surface area (Å²) in [4.78, 5) is 19.8. The largest absolute Gasteiger partial charge is 0.364 e. The van der Waals surface area contributed by atoms with Crippen molar-refractivity contribution in [2.24, 2.45) is 11.8 Å². The van der Waals surface area contributed by atoms with E-state index in [1.807, 2.05) is 0 Å². The lowest BCUT2D eigenvalue weighted by Crippen LogP contribution is -2.84. The fourth-order valence-corrected chi connectivity index (χ4v) is 35.9. The van der Waals surface area contributed by atoms with Crippen LogP contribution in [0.4, 0.5) is 34.1 Å². The summed E-state index contributed by atoms with van der Waals surface area (Å²) in [6.45, 7) is 43.7. The molecule has 6 saturated heterocycles. The molecule has 6 aromatic carbocycles. The van der Waals surface area contributed by atoms with Gasteiger partial charge in [-0.1, -0.05) is 213 Å². The van der Waals surface area contributed by atoms with Gasteiger partial charge in [0.25, 0.3) is 0 Å². The van der Waals surface area contributed by atoms with Crippen LogP contribution in [0.3, 0.4) is 0 Å². The lowest BCUT2D eigenvalue weighted by molar-refractivity contribution is 0.0566. The third-order valence-corrected chi connectivity index (χ3v) is 37.7. The summed E-state index contributed by atoms with van der Waals surface area (Å²) >= 11 is 0. The molecule has 22 atom stereocenters. The number of hydrogen-bond donors (Lipinski definition) is 0. The number of benzene rings is 6. The quantitative estimate of drug-likeness (QED) is 0.154. The Labute approximate surface area is 619 Å². The van der Waals surface area contributed by atoms with Crippen LogP contribution in [0.25, 0.3) is 0 Å². The van der Waals surface area contributed by atoms with Gasteiger partial charge in [-0.05, 0) is 240 Å². The molecule has 0 spiro atoms. The molecule has 6 nitrogen and oxygen atoms in total. The fraction of sp³-hybridized carbons (Fsp3) is 0.617. The summed E-state index contributed by atoms with van der Waals surface area (Å²) in [5, 5.41) is 0. The van der Waals surface area contributed by atoms with E-state index in [0.717, 1.165) is 0 Å². The Morgan fingerprint density at radius 3 is 0.569 bits per heavy atom. The minimum absolute atomic E-state index is 0.0692. The van der Waals surface area contributed by atoms with Crippen molar-refractivity contribution in [3.8, 4) is 0 Å². The summed E-state index contributed by atoms with van der Waals surface area (Å²) in [5.41, 5.74) is 22.3. The van der Waals surface area contributed by atoms with E-state index in [9.17, 15) is 0 Å². The molecule has 0 amide bonds. The fourth-order valence-electron chi connectivity index (χ4n) is 25.2. The van der Waals surface area contributed by atoms with Gasteiger partial charge in [-0.25, -0.2) is 0 Å². The molecule has 18 rings (SSSR count). The molecule has 12 aliphatic rings. The maximum atomic E-state index is 3.38. The second-order valence-electron chi connectivity index (χ2n) is 41.2. The highest BCUT2D eigenvalue weighted by atomic mass is 31.1. The standard InChI is InChI=1S/C94H126N6P2/c1-89(2,3)57-31-43-63(44-32-57)95-71-23-19-27-75-83(71)101-85-73(95)25-21-29-77(85)99(67-51-39-61(40-52-67)93(13,14)15)81-69-56-80-88-82(70(69)55-79(87(81)101)97(75)65-47-35-59(36-48-65)91(7,8)9)100(68-53-41-62(42-54-68)94(16,17)18)78-30-22-26-74-86(78)102(88)84-72(96(74)64-45-33-58(34-46-64)90(4,5)6)24-20-28-76(84)98(80)66-49-37-60(38-50-66)92(10,11)12/h31-54,69-88H,19-30,55-56H2,1-18H3. The molecular formula is C94H126N6P2. The van der Waals surface area contributed by atoms with Crippen molar-refractivity contribution in [3.63, 3.8) is 0 Å². The van der Waals surface area contributed by atoms with Gasteiger partial charge in [-0.15, -0.1) is 0 Å². The Hall–Kier alpha value is -5.02. The predicted octanol–water partition coefficient (Wildman–Crippen LogP) is 22.3. The summed E-state index contributed by atoms with van der Waals surface area (Å²) < 4.78 is 0. The first-order valence-corrected chi connectivity index (χ1v) is 44.4. The average Bonchev–Trinajstić information content (AvgIpc) is 0.664. The van der Waals surface area contributed by atoms with Crippen molar-refractivity contribution in [1.82, 2.24) is 0 Å². The predicted molar refractivity (Wildman–Crippen MR) is 439 cm³/mol. The van der Waals surface area contributed by atoms with E-state index in [-0.39, 0.29) is 32.5 Å². The molecule has 8 heteroatoms. The van der Waals surface area contributed by atoms with Crippen LogP contribution in [0.15, 0.2) is 146 Å². The molecule has 22 unspecified atom stereocenters. The number of hydrogen-bond acceptors (Lipinski definition) is 6. The second kappa shape index (κ2) is 24.2. The zero-order chi connectivity index (χ0) is 71.0. The van der Waals surface area contributed by atoms with Crippen molar-refractivity contribution < 1.29 is 0 Å². The first-order chi connectivity index (χ1) is 48.4. The molecule has 0 aromatic heterocycles. The molecule has 0 bridgehead atoms. The maximum Gasteiger partial charge on any atom is 0.0413 e. The topological polar surface area (TPSA) is 19.4 Å². The van der Waals surface area contributed by atoms with Gasteiger partial charge in [0.1, 0.15) is 0 Å². The summed E-state index contributed by atoms with van der Waals surface area (Å²) in [6.07, 6.45) is 18.4. The normalized spacial score (nSPS) is 36.1. The number of anilines is 6. The summed E-state index contributed by atoms with van der Waals surface area (Å²) in [5.74, 6) is 1.07. The van der Waals surface area contributed by atoms with E-state index in [4.69, 9.17) is 0 Å². The minimum Gasteiger partial charge on any atom is -0.364 e. The van der Waals surface area contributed by atoms with Gasteiger partial charge in [0, 0.05) is 141 Å². The van der Waals surface area contributed by atoms with Crippen molar-refractivity contribution in [3.05, 3.63) is 179 Å². The minimum atomic E-state index is -0.429. The second-order valence-corrected chi connectivity index (χ2v) is 46.6.